The number of nitrogens with one attached hydrogen (secondary N) is 2. The molecule has 3 rings (SSSR count). The van der Waals surface area contributed by atoms with Crippen molar-refractivity contribution in [1.29, 1.82) is 0 Å². The molecule has 16 heteroatoms. The Balaban J connectivity index is 1.85. The molecular formula is C26H26ClN3O11S. The molecule has 3 aromatic rings. The maximum atomic E-state index is 13.4. The second kappa shape index (κ2) is 13.3. The van der Waals surface area contributed by atoms with Crippen LogP contribution in [-0.2, 0) is 19.6 Å². The summed E-state index contributed by atoms with van der Waals surface area (Å²) in [7, 11) is 0.863. The summed E-state index contributed by atoms with van der Waals surface area (Å²) in [4.78, 5) is 35.7. The average molecular weight is 624 g/mol. The highest BCUT2D eigenvalue weighted by Gasteiger charge is 2.26. The Morgan fingerprint density at radius 2 is 1.48 bits per heavy atom. The van der Waals surface area contributed by atoms with Gasteiger partial charge in [0, 0.05) is 18.2 Å². The number of nitro groups is 1. The first-order valence-electron chi connectivity index (χ1n) is 11.8. The highest BCUT2D eigenvalue weighted by Crippen LogP contribution is 2.38. The van der Waals surface area contributed by atoms with E-state index in [0.29, 0.717) is 0 Å². The van der Waals surface area contributed by atoms with Crippen LogP contribution in [0.2, 0.25) is 5.02 Å². The molecule has 0 saturated heterocycles. The number of amides is 1. The van der Waals surface area contributed by atoms with Gasteiger partial charge in [-0.1, -0.05) is 11.6 Å². The van der Waals surface area contributed by atoms with Crippen molar-refractivity contribution in [3.05, 3.63) is 69.2 Å². The van der Waals surface area contributed by atoms with E-state index < -0.39 is 37.8 Å². The van der Waals surface area contributed by atoms with E-state index in [-0.39, 0.29) is 50.6 Å². The molecule has 0 aromatic heterocycles. The van der Waals surface area contributed by atoms with Crippen LogP contribution in [0.5, 0.6) is 23.0 Å². The summed E-state index contributed by atoms with van der Waals surface area (Å²) < 4.78 is 54.9. The van der Waals surface area contributed by atoms with Crippen molar-refractivity contribution in [1.82, 2.24) is 0 Å². The van der Waals surface area contributed by atoms with E-state index in [2.05, 4.69) is 10.0 Å². The van der Waals surface area contributed by atoms with E-state index in [9.17, 15) is 28.1 Å². The molecule has 0 aliphatic carbocycles. The predicted octanol–water partition coefficient (Wildman–Crippen LogP) is 4.27. The number of carbonyl (C=O) groups is 2. The lowest BCUT2D eigenvalue weighted by molar-refractivity contribution is -0.384. The van der Waals surface area contributed by atoms with Crippen LogP contribution in [0, 0.1) is 10.1 Å². The third kappa shape index (κ3) is 7.11. The third-order valence-electron chi connectivity index (χ3n) is 5.71. The van der Waals surface area contributed by atoms with Crippen LogP contribution in [0.4, 0.5) is 17.1 Å². The van der Waals surface area contributed by atoms with Gasteiger partial charge in [-0.25, -0.2) is 13.2 Å². The van der Waals surface area contributed by atoms with Gasteiger partial charge in [0.05, 0.1) is 55.3 Å². The van der Waals surface area contributed by atoms with Gasteiger partial charge in [0.15, 0.2) is 6.10 Å². The normalized spacial score (nSPS) is 11.6. The minimum atomic E-state index is -4.40. The first-order valence-corrected chi connectivity index (χ1v) is 13.7. The van der Waals surface area contributed by atoms with Gasteiger partial charge in [0.25, 0.3) is 21.6 Å². The molecule has 0 heterocycles. The molecule has 224 valence electrons. The SMILES string of the molecule is COc1cc(OC)c(NS(=O)(=O)c2cc(C(=O)O[C@@H](C)C(=O)Nc3cc([N+](=O)[O-])ccc3OC)ccc2OC)cc1Cl. The average Bonchev–Trinajstić information content (AvgIpc) is 2.96. The lowest BCUT2D eigenvalue weighted by Gasteiger charge is -2.17. The zero-order chi connectivity index (χ0) is 31.2. The monoisotopic (exact) mass is 623 g/mol. The van der Waals surface area contributed by atoms with Crippen LogP contribution < -0.4 is 29.0 Å². The molecule has 3 aromatic carbocycles. The number of ether oxygens (including phenoxy) is 5. The summed E-state index contributed by atoms with van der Waals surface area (Å²) in [5, 5.41) is 13.6. The fourth-order valence-corrected chi connectivity index (χ4v) is 5.08. The van der Waals surface area contributed by atoms with Crippen LogP contribution in [0.3, 0.4) is 0 Å². The Bertz CT molecular complexity index is 1630. The number of carbonyl (C=O) groups excluding carboxylic acids is 2. The zero-order valence-corrected chi connectivity index (χ0v) is 24.5. The number of benzene rings is 3. The Morgan fingerprint density at radius 3 is 2.07 bits per heavy atom. The number of hydrogen-bond donors (Lipinski definition) is 2. The maximum Gasteiger partial charge on any atom is 0.338 e. The lowest BCUT2D eigenvalue weighted by Crippen LogP contribution is -2.30. The number of anilines is 2. The van der Waals surface area contributed by atoms with Crippen molar-refractivity contribution in [2.75, 3.05) is 38.5 Å². The number of sulfonamides is 1. The molecule has 0 fully saturated rings. The van der Waals surface area contributed by atoms with E-state index in [1.165, 1.54) is 71.8 Å². The van der Waals surface area contributed by atoms with Crippen LogP contribution >= 0.6 is 11.6 Å². The molecule has 2 N–H and O–H groups in total. The lowest BCUT2D eigenvalue weighted by atomic mass is 10.2. The summed E-state index contributed by atoms with van der Waals surface area (Å²) in [6.45, 7) is 1.26. The van der Waals surface area contributed by atoms with Gasteiger partial charge in [-0.2, -0.15) is 0 Å². The van der Waals surface area contributed by atoms with Crippen molar-refractivity contribution < 1.29 is 46.6 Å². The van der Waals surface area contributed by atoms with Gasteiger partial charge in [-0.05, 0) is 37.3 Å². The van der Waals surface area contributed by atoms with Gasteiger partial charge < -0.3 is 29.0 Å². The topological polar surface area (TPSA) is 182 Å². The molecular weight excluding hydrogens is 598 g/mol. The summed E-state index contributed by atoms with van der Waals surface area (Å²) in [6.07, 6.45) is -1.40. The van der Waals surface area contributed by atoms with Crippen molar-refractivity contribution in [3.8, 4) is 23.0 Å². The predicted molar refractivity (Wildman–Crippen MR) is 152 cm³/mol. The number of hydrogen-bond acceptors (Lipinski definition) is 11. The third-order valence-corrected chi connectivity index (χ3v) is 7.39. The fourth-order valence-electron chi connectivity index (χ4n) is 3.58. The van der Waals surface area contributed by atoms with Crippen LogP contribution in [-0.4, -0.2) is 59.8 Å². The highest BCUT2D eigenvalue weighted by molar-refractivity contribution is 7.92. The summed E-state index contributed by atoms with van der Waals surface area (Å²) in [5.74, 6) is -1.46. The number of esters is 1. The number of methoxy groups -OCH3 is 4. The van der Waals surface area contributed by atoms with Crippen molar-refractivity contribution in [3.63, 3.8) is 0 Å². The molecule has 1 amide bonds. The number of non-ortho nitro benzene ring substituents is 1. The summed E-state index contributed by atoms with van der Waals surface area (Å²) in [6, 6.07) is 9.76. The van der Waals surface area contributed by atoms with Gasteiger partial charge >= 0.3 is 5.97 Å². The Hall–Kier alpha value is -4.76. The van der Waals surface area contributed by atoms with Crippen LogP contribution in [0.1, 0.15) is 17.3 Å². The largest absolute Gasteiger partial charge is 0.495 e. The first-order chi connectivity index (χ1) is 19.8. The van der Waals surface area contributed by atoms with Gasteiger partial charge in [0.1, 0.15) is 27.9 Å². The Morgan fingerprint density at radius 1 is 0.857 bits per heavy atom. The molecule has 0 radical (unpaired) electrons. The van der Waals surface area contributed by atoms with Crippen LogP contribution in [0.25, 0.3) is 0 Å². The van der Waals surface area contributed by atoms with E-state index in [0.717, 1.165) is 12.1 Å². The Labute approximate surface area is 245 Å². The number of nitro benzene ring substituents is 1. The molecule has 0 spiro atoms. The van der Waals surface area contributed by atoms with Gasteiger partial charge in [0.2, 0.25) is 0 Å². The molecule has 0 aliphatic rings. The Kier molecular flexibility index (Phi) is 10.0. The highest BCUT2D eigenvalue weighted by atomic mass is 35.5. The van der Waals surface area contributed by atoms with Crippen molar-refractivity contribution in [2.24, 2.45) is 0 Å². The van der Waals surface area contributed by atoms with E-state index in [1.807, 2.05) is 0 Å². The molecule has 0 aliphatic heterocycles. The molecule has 0 saturated carbocycles. The van der Waals surface area contributed by atoms with E-state index in [4.69, 9.17) is 35.3 Å². The fraction of sp³-hybridized carbons (Fsp3) is 0.231. The van der Waals surface area contributed by atoms with Gasteiger partial charge in [-0.3, -0.25) is 19.6 Å². The number of rotatable bonds is 12. The molecule has 1 atom stereocenters. The standard InChI is InChI=1S/C26H26ClN3O11S/c1-14(25(31)28-18-11-16(30(33)34)7-9-20(18)37-2)41-26(32)15-6-8-21(38-3)24(10-15)42(35,36)29-19-12-17(27)22(39-4)13-23(19)40-5/h6-14,29H,1-5H3,(H,28,31)/t14-/m0/s1. The molecule has 0 unspecified atom stereocenters. The van der Waals surface area contributed by atoms with Gasteiger partial charge in [-0.15, -0.1) is 0 Å². The summed E-state index contributed by atoms with van der Waals surface area (Å²) in [5.41, 5.74) is -0.549. The number of nitrogens with zero attached hydrogens (tertiary/aromatic N) is 1. The van der Waals surface area contributed by atoms with Crippen molar-refractivity contribution >= 4 is 50.6 Å². The maximum absolute atomic E-state index is 13.4. The zero-order valence-electron chi connectivity index (χ0n) is 22.9. The molecule has 42 heavy (non-hydrogen) atoms. The smallest absolute Gasteiger partial charge is 0.338 e. The quantitative estimate of drug-likeness (QED) is 0.167. The summed E-state index contributed by atoms with van der Waals surface area (Å²) >= 11 is 6.15. The molecule has 0 bridgehead atoms. The number of halogens is 1. The minimum absolute atomic E-state index is 0.0137. The van der Waals surface area contributed by atoms with Crippen molar-refractivity contribution in [2.45, 2.75) is 17.9 Å². The minimum Gasteiger partial charge on any atom is -0.495 e. The second-order valence-corrected chi connectivity index (χ2v) is 10.4. The first kappa shape index (κ1) is 31.8. The van der Waals surface area contributed by atoms with Crippen LogP contribution in [0.15, 0.2) is 53.4 Å². The van der Waals surface area contributed by atoms with E-state index in [1.54, 1.807) is 0 Å². The second-order valence-electron chi connectivity index (χ2n) is 8.34. The molecule has 14 nitrogen and oxygen atoms in total. The van der Waals surface area contributed by atoms with E-state index >= 15 is 0 Å².